The molecule has 0 saturated carbocycles. The van der Waals surface area contributed by atoms with E-state index in [2.05, 4.69) is 17.0 Å². The molecule has 0 spiro atoms. The van der Waals surface area contributed by atoms with Crippen LogP contribution in [0.1, 0.15) is 16.2 Å². The zero-order valence-electron chi connectivity index (χ0n) is 10.6. The van der Waals surface area contributed by atoms with Gasteiger partial charge < -0.3 is 5.32 Å². The van der Waals surface area contributed by atoms with E-state index in [0.717, 1.165) is 11.4 Å². The monoisotopic (exact) mass is 275 g/mol. The molecule has 98 valence electrons. The van der Waals surface area contributed by atoms with Gasteiger partial charge in [-0.3, -0.25) is 4.79 Å². The summed E-state index contributed by atoms with van der Waals surface area (Å²) in [5.74, 6) is -0.212. The van der Waals surface area contributed by atoms with Gasteiger partial charge in [0.05, 0.1) is 5.69 Å². The molecule has 2 aromatic rings. The van der Waals surface area contributed by atoms with Gasteiger partial charge in [-0.25, -0.2) is 4.68 Å². The van der Waals surface area contributed by atoms with Gasteiger partial charge in [-0.2, -0.15) is 5.10 Å². The molecular formula is C14H14ClN3O. The molecule has 0 aliphatic rings. The quantitative estimate of drug-likeness (QED) is 0.872. The van der Waals surface area contributed by atoms with Crippen molar-refractivity contribution in [3.8, 4) is 5.69 Å². The lowest BCUT2D eigenvalue weighted by atomic mass is 10.3. The molecule has 1 amide bonds. The Hall–Kier alpha value is -2.07. The summed E-state index contributed by atoms with van der Waals surface area (Å²) < 4.78 is 1.71. The van der Waals surface area contributed by atoms with E-state index in [-0.39, 0.29) is 5.91 Å². The predicted octanol–water partition coefficient (Wildman–Crippen LogP) is 2.75. The highest BCUT2D eigenvalue weighted by Crippen LogP contribution is 2.15. The first-order chi connectivity index (χ1) is 9.11. The van der Waals surface area contributed by atoms with Crippen molar-refractivity contribution in [2.24, 2.45) is 0 Å². The SMILES string of the molecule is C=CCNC(=O)c1cc(C)n(-c2ccc(Cl)cc2)n1. The van der Waals surface area contributed by atoms with Crippen LogP contribution in [0.15, 0.2) is 43.0 Å². The number of aryl methyl sites for hydroxylation is 1. The molecule has 0 unspecified atom stereocenters. The Bertz CT molecular complexity index is 602. The Morgan fingerprint density at radius 3 is 2.79 bits per heavy atom. The molecule has 0 radical (unpaired) electrons. The molecule has 0 aliphatic carbocycles. The molecule has 0 aliphatic heterocycles. The van der Waals surface area contributed by atoms with Gasteiger partial charge in [0.25, 0.3) is 5.91 Å². The van der Waals surface area contributed by atoms with E-state index in [9.17, 15) is 4.79 Å². The first-order valence-electron chi connectivity index (χ1n) is 5.83. The van der Waals surface area contributed by atoms with Gasteiger partial charge >= 0.3 is 0 Å². The summed E-state index contributed by atoms with van der Waals surface area (Å²) in [4.78, 5) is 11.8. The fourth-order valence-electron chi connectivity index (χ4n) is 1.68. The Balaban J connectivity index is 2.28. The van der Waals surface area contributed by atoms with Crippen LogP contribution in [0, 0.1) is 6.92 Å². The van der Waals surface area contributed by atoms with Gasteiger partial charge in [0, 0.05) is 17.3 Å². The maximum Gasteiger partial charge on any atom is 0.272 e. The Morgan fingerprint density at radius 2 is 2.16 bits per heavy atom. The molecule has 1 N–H and O–H groups in total. The van der Waals surface area contributed by atoms with Crippen molar-refractivity contribution >= 4 is 17.5 Å². The normalized spacial score (nSPS) is 10.2. The van der Waals surface area contributed by atoms with Crippen molar-refractivity contribution in [3.05, 3.63) is 59.4 Å². The van der Waals surface area contributed by atoms with E-state index in [0.29, 0.717) is 17.3 Å². The summed E-state index contributed by atoms with van der Waals surface area (Å²) >= 11 is 5.85. The van der Waals surface area contributed by atoms with Crippen molar-refractivity contribution in [3.63, 3.8) is 0 Å². The summed E-state index contributed by atoms with van der Waals surface area (Å²) in [6.07, 6.45) is 1.63. The van der Waals surface area contributed by atoms with Gasteiger partial charge in [0.1, 0.15) is 0 Å². The van der Waals surface area contributed by atoms with Crippen LogP contribution in [0.5, 0.6) is 0 Å². The average molecular weight is 276 g/mol. The minimum atomic E-state index is -0.212. The molecule has 2 rings (SSSR count). The Morgan fingerprint density at radius 1 is 1.47 bits per heavy atom. The van der Waals surface area contributed by atoms with Crippen LogP contribution in [0.3, 0.4) is 0 Å². The van der Waals surface area contributed by atoms with E-state index in [1.54, 1.807) is 29.0 Å². The third kappa shape index (κ3) is 3.03. The maximum atomic E-state index is 11.8. The standard InChI is InChI=1S/C14H14ClN3O/c1-3-8-16-14(19)13-9-10(2)18(17-13)12-6-4-11(15)5-7-12/h3-7,9H,1,8H2,2H3,(H,16,19). The molecule has 1 heterocycles. The lowest BCUT2D eigenvalue weighted by molar-refractivity contribution is 0.0952. The van der Waals surface area contributed by atoms with Gasteiger partial charge in [-0.1, -0.05) is 17.7 Å². The molecule has 19 heavy (non-hydrogen) atoms. The summed E-state index contributed by atoms with van der Waals surface area (Å²) in [5.41, 5.74) is 2.13. The molecule has 5 heteroatoms. The number of carbonyl (C=O) groups is 1. The third-order valence-electron chi connectivity index (χ3n) is 2.60. The summed E-state index contributed by atoms with van der Waals surface area (Å²) in [6.45, 7) is 5.87. The van der Waals surface area contributed by atoms with Crippen LogP contribution in [-0.2, 0) is 0 Å². The minimum Gasteiger partial charge on any atom is -0.347 e. The second kappa shape index (κ2) is 5.71. The van der Waals surface area contributed by atoms with Crippen LogP contribution in [-0.4, -0.2) is 22.2 Å². The highest BCUT2D eigenvalue weighted by Gasteiger charge is 2.12. The van der Waals surface area contributed by atoms with Crippen molar-refractivity contribution in [2.45, 2.75) is 6.92 Å². The van der Waals surface area contributed by atoms with Gasteiger partial charge in [-0.05, 0) is 37.3 Å². The van der Waals surface area contributed by atoms with E-state index < -0.39 is 0 Å². The number of nitrogens with zero attached hydrogens (tertiary/aromatic N) is 2. The number of hydrogen-bond acceptors (Lipinski definition) is 2. The average Bonchev–Trinajstić information content (AvgIpc) is 2.79. The van der Waals surface area contributed by atoms with Gasteiger partial charge in [0.2, 0.25) is 0 Å². The van der Waals surface area contributed by atoms with Crippen molar-refractivity contribution in [2.75, 3.05) is 6.54 Å². The van der Waals surface area contributed by atoms with Crippen LogP contribution >= 0.6 is 11.6 Å². The summed E-state index contributed by atoms with van der Waals surface area (Å²) in [6, 6.07) is 9.03. The zero-order valence-corrected chi connectivity index (χ0v) is 11.3. The highest BCUT2D eigenvalue weighted by atomic mass is 35.5. The van der Waals surface area contributed by atoms with Crippen molar-refractivity contribution in [1.82, 2.24) is 15.1 Å². The lowest BCUT2D eigenvalue weighted by Gasteiger charge is -2.03. The van der Waals surface area contributed by atoms with Crippen LogP contribution < -0.4 is 5.32 Å². The number of amides is 1. The number of nitrogens with one attached hydrogen (secondary N) is 1. The fraction of sp³-hybridized carbons (Fsp3) is 0.143. The zero-order chi connectivity index (χ0) is 13.8. The lowest BCUT2D eigenvalue weighted by Crippen LogP contribution is -2.23. The van der Waals surface area contributed by atoms with Crippen LogP contribution in [0.25, 0.3) is 5.69 Å². The Labute approximate surface area is 116 Å². The number of carbonyl (C=O) groups excluding carboxylic acids is 1. The molecule has 0 bridgehead atoms. The first-order valence-corrected chi connectivity index (χ1v) is 6.21. The first kappa shape index (κ1) is 13.4. The number of hydrogen-bond donors (Lipinski definition) is 1. The Kier molecular flexibility index (Phi) is 4.02. The maximum absolute atomic E-state index is 11.8. The number of rotatable bonds is 4. The number of aromatic nitrogens is 2. The molecule has 0 atom stereocenters. The molecule has 0 fully saturated rings. The van der Waals surface area contributed by atoms with Crippen molar-refractivity contribution < 1.29 is 4.79 Å². The predicted molar refractivity (Wildman–Crippen MR) is 75.8 cm³/mol. The summed E-state index contributed by atoms with van der Waals surface area (Å²) in [5, 5.41) is 7.65. The van der Waals surface area contributed by atoms with E-state index in [1.807, 2.05) is 19.1 Å². The largest absolute Gasteiger partial charge is 0.347 e. The van der Waals surface area contributed by atoms with Crippen molar-refractivity contribution in [1.29, 1.82) is 0 Å². The van der Waals surface area contributed by atoms with Crippen LogP contribution in [0.2, 0.25) is 5.02 Å². The van der Waals surface area contributed by atoms with E-state index in [4.69, 9.17) is 11.6 Å². The molecule has 1 aromatic heterocycles. The second-order valence-electron chi connectivity index (χ2n) is 4.06. The minimum absolute atomic E-state index is 0.212. The molecule has 4 nitrogen and oxygen atoms in total. The number of halogens is 1. The van der Waals surface area contributed by atoms with Gasteiger partial charge in [-0.15, -0.1) is 6.58 Å². The molecular weight excluding hydrogens is 262 g/mol. The highest BCUT2D eigenvalue weighted by molar-refractivity contribution is 6.30. The van der Waals surface area contributed by atoms with Crippen LogP contribution in [0.4, 0.5) is 0 Å². The number of benzene rings is 1. The van der Waals surface area contributed by atoms with Gasteiger partial charge in [0.15, 0.2) is 5.69 Å². The topological polar surface area (TPSA) is 46.9 Å². The molecule has 0 saturated heterocycles. The third-order valence-corrected chi connectivity index (χ3v) is 2.85. The fourth-order valence-corrected chi connectivity index (χ4v) is 1.81. The smallest absolute Gasteiger partial charge is 0.272 e. The second-order valence-corrected chi connectivity index (χ2v) is 4.49. The van der Waals surface area contributed by atoms with E-state index >= 15 is 0 Å². The molecule has 1 aromatic carbocycles. The summed E-state index contributed by atoms with van der Waals surface area (Å²) in [7, 11) is 0. The van der Waals surface area contributed by atoms with E-state index in [1.165, 1.54) is 0 Å².